The molecule has 1 amide bonds. The molecule has 0 saturated heterocycles. The van der Waals surface area contributed by atoms with Crippen molar-refractivity contribution in [2.24, 2.45) is 7.05 Å². The quantitative estimate of drug-likeness (QED) is 0.906. The Labute approximate surface area is 132 Å². The molecule has 1 aromatic heterocycles. The first kappa shape index (κ1) is 16.0. The lowest BCUT2D eigenvalue weighted by atomic mass is 10.1. The first-order chi connectivity index (χ1) is 10.3. The van der Waals surface area contributed by atoms with Gasteiger partial charge in [0, 0.05) is 24.0 Å². The zero-order valence-corrected chi connectivity index (χ0v) is 13.2. The summed E-state index contributed by atoms with van der Waals surface area (Å²) in [6.07, 6.45) is 0.198. The van der Waals surface area contributed by atoms with Gasteiger partial charge in [0.1, 0.15) is 0 Å². The van der Waals surface area contributed by atoms with Crippen LogP contribution in [0.2, 0.25) is 5.02 Å². The van der Waals surface area contributed by atoms with Crippen molar-refractivity contribution < 1.29 is 14.7 Å². The second kappa shape index (κ2) is 6.19. The molecule has 2 rings (SSSR count). The average molecular weight is 322 g/mol. The first-order valence-corrected chi connectivity index (χ1v) is 6.99. The van der Waals surface area contributed by atoms with Gasteiger partial charge < -0.3 is 10.4 Å². The van der Waals surface area contributed by atoms with E-state index in [2.05, 4.69) is 10.4 Å². The maximum absolute atomic E-state index is 12.1. The summed E-state index contributed by atoms with van der Waals surface area (Å²) in [4.78, 5) is 23.0. The summed E-state index contributed by atoms with van der Waals surface area (Å²) in [7, 11) is 1.83. The molecule has 0 aliphatic rings. The predicted octanol–water partition coefficient (Wildman–Crippen LogP) is 2.57. The van der Waals surface area contributed by atoms with Crippen molar-refractivity contribution in [3.8, 4) is 0 Å². The van der Waals surface area contributed by atoms with E-state index in [1.54, 1.807) is 4.68 Å². The van der Waals surface area contributed by atoms with E-state index in [0.717, 1.165) is 17.0 Å². The van der Waals surface area contributed by atoms with Crippen LogP contribution in [0, 0.1) is 13.8 Å². The van der Waals surface area contributed by atoms with Crippen molar-refractivity contribution in [2.45, 2.75) is 20.3 Å². The summed E-state index contributed by atoms with van der Waals surface area (Å²) in [5.74, 6) is -1.32. The molecule has 6 nitrogen and oxygen atoms in total. The number of aromatic nitrogens is 2. The summed E-state index contributed by atoms with van der Waals surface area (Å²) in [5, 5.41) is 16.0. The van der Waals surface area contributed by atoms with Gasteiger partial charge in [-0.05, 0) is 32.0 Å². The molecule has 0 unspecified atom stereocenters. The highest BCUT2D eigenvalue weighted by Gasteiger charge is 2.14. The minimum Gasteiger partial charge on any atom is -0.478 e. The molecule has 0 atom stereocenters. The van der Waals surface area contributed by atoms with Crippen molar-refractivity contribution in [3.05, 3.63) is 45.7 Å². The molecule has 2 N–H and O–H groups in total. The molecule has 116 valence electrons. The second-order valence-electron chi connectivity index (χ2n) is 5.00. The minimum absolute atomic E-state index is 0.00128. The number of halogens is 1. The number of benzene rings is 1. The third-order valence-electron chi connectivity index (χ3n) is 3.48. The van der Waals surface area contributed by atoms with Gasteiger partial charge in [0.05, 0.1) is 22.7 Å². The molecule has 7 heteroatoms. The summed E-state index contributed by atoms with van der Waals surface area (Å²) >= 11 is 5.88. The fourth-order valence-electron chi connectivity index (χ4n) is 2.21. The van der Waals surface area contributed by atoms with Gasteiger partial charge in [-0.3, -0.25) is 9.48 Å². The van der Waals surface area contributed by atoms with Crippen LogP contribution in [-0.2, 0) is 18.3 Å². The second-order valence-corrected chi connectivity index (χ2v) is 5.40. The van der Waals surface area contributed by atoms with Crippen molar-refractivity contribution in [1.82, 2.24) is 9.78 Å². The molecule has 22 heavy (non-hydrogen) atoms. The number of hydrogen-bond acceptors (Lipinski definition) is 3. The number of amides is 1. The van der Waals surface area contributed by atoms with E-state index in [9.17, 15) is 9.59 Å². The van der Waals surface area contributed by atoms with E-state index in [1.165, 1.54) is 18.2 Å². The molecule has 0 saturated carbocycles. The Bertz CT molecular complexity index is 753. The Morgan fingerprint density at radius 3 is 2.55 bits per heavy atom. The third kappa shape index (κ3) is 3.28. The lowest BCUT2D eigenvalue weighted by Gasteiger charge is -2.07. The fraction of sp³-hybridized carbons (Fsp3) is 0.267. The number of carbonyl (C=O) groups excluding carboxylic acids is 1. The van der Waals surface area contributed by atoms with Crippen LogP contribution in [0.4, 0.5) is 5.69 Å². The Morgan fingerprint density at radius 1 is 1.36 bits per heavy atom. The fourth-order valence-corrected chi connectivity index (χ4v) is 2.47. The maximum atomic E-state index is 12.1. The van der Waals surface area contributed by atoms with E-state index in [1.807, 2.05) is 20.9 Å². The van der Waals surface area contributed by atoms with E-state index in [0.29, 0.717) is 5.69 Å². The molecule has 0 radical (unpaired) electrons. The summed E-state index contributed by atoms with van der Waals surface area (Å²) < 4.78 is 1.73. The molecule has 0 aliphatic heterocycles. The minimum atomic E-state index is -1.11. The molecule has 2 aromatic rings. The molecule has 0 fully saturated rings. The van der Waals surface area contributed by atoms with E-state index < -0.39 is 5.97 Å². The van der Waals surface area contributed by atoms with Crippen molar-refractivity contribution in [2.75, 3.05) is 5.32 Å². The topological polar surface area (TPSA) is 84.2 Å². The molecular formula is C15H16ClN3O3. The van der Waals surface area contributed by atoms with Crippen LogP contribution in [0.1, 0.15) is 27.3 Å². The highest BCUT2D eigenvalue weighted by Crippen LogP contribution is 2.21. The first-order valence-electron chi connectivity index (χ1n) is 6.61. The number of nitrogens with one attached hydrogen (secondary N) is 1. The number of anilines is 1. The standard InChI is InChI=1S/C15H16ClN3O3/c1-8-12(9(2)19(3)18-8)7-14(20)17-10-4-5-11(15(21)22)13(16)6-10/h4-6H,7H2,1-3H3,(H,17,20)(H,21,22). The van der Waals surface area contributed by atoms with Crippen LogP contribution in [-0.4, -0.2) is 26.8 Å². The number of carboxylic acid groups (broad SMARTS) is 1. The average Bonchev–Trinajstić information content (AvgIpc) is 2.65. The Kier molecular flexibility index (Phi) is 4.51. The maximum Gasteiger partial charge on any atom is 0.337 e. The summed E-state index contributed by atoms with van der Waals surface area (Å²) in [6, 6.07) is 4.29. The normalized spacial score (nSPS) is 10.5. The predicted molar refractivity (Wildman–Crippen MR) is 83.4 cm³/mol. The molecule has 1 heterocycles. The zero-order valence-electron chi connectivity index (χ0n) is 12.5. The number of aryl methyl sites for hydroxylation is 2. The van der Waals surface area contributed by atoms with E-state index in [4.69, 9.17) is 16.7 Å². The van der Waals surface area contributed by atoms with Crippen molar-refractivity contribution >= 4 is 29.2 Å². The van der Waals surface area contributed by atoms with Crippen LogP contribution >= 0.6 is 11.6 Å². The number of carboxylic acids is 1. The third-order valence-corrected chi connectivity index (χ3v) is 3.79. The number of carbonyl (C=O) groups is 2. The van der Waals surface area contributed by atoms with Crippen LogP contribution in [0.5, 0.6) is 0 Å². The lowest BCUT2D eigenvalue weighted by Crippen LogP contribution is -2.15. The Morgan fingerprint density at radius 2 is 2.05 bits per heavy atom. The van der Waals surface area contributed by atoms with E-state index in [-0.39, 0.29) is 22.9 Å². The molecule has 0 spiro atoms. The van der Waals surface area contributed by atoms with Gasteiger partial charge >= 0.3 is 5.97 Å². The van der Waals surface area contributed by atoms with Gasteiger partial charge in [0.15, 0.2) is 0 Å². The van der Waals surface area contributed by atoms with Gasteiger partial charge in [-0.15, -0.1) is 0 Å². The number of nitrogens with zero attached hydrogens (tertiary/aromatic N) is 2. The van der Waals surface area contributed by atoms with Gasteiger partial charge in [0.25, 0.3) is 0 Å². The smallest absolute Gasteiger partial charge is 0.337 e. The lowest BCUT2D eigenvalue weighted by molar-refractivity contribution is -0.115. The van der Waals surface area contributed by atoms with Gasteiger partial charge in [-0.25, -0.2) is 4.79 Å². The highest BCUT2D eigenvalue weighted by atomic mass is 35.5. The van der Waals surface area contributed by atoms with E-state index >= 15 is 0 Å². The van der Waals surface area contributed by atoms with Crippen LogP contribution < -0.4 is 5.32 Å². The van der Waals surface area contributed by atoms with Gasteiger partial charge in [-0.1, -0.05) is 11.6 Å². The van der Waals surface area contributed by atoms with Crippen LogP contribution in [0.3, 0.4) is 0 Å². The SMILES string of the molecule is Cc1nn(C)c(C)c1CC(=O)Nc1ccc(C(=O)O)c(Cl)c1. The molecular weight excluding hydrogens is 306 g/mol. The van der Waals surface area contributed by atoms with Crippen molar-refractivity contribution in [1.29, 1.82) is 0 Å². The van der Waals surface area contributed by atoms with Gasteiger partial charge in [0.2, 0.25) is 5.91 Å². The van der Waals surface area contributed by atoms with Crippen molar-refractivity contribution in [3.63, 3.8) is 0 Å². The Hall–Kier alpha value is -2.34. The number of aromatic carboxylic acids is 1. The number of hydrogen-bond donors (Lipinski definition) is 2. The molecule has 0 aliphatic carbocycles. The largest absolute Gasteiger partial charge is 0.478 e. The summed E-state index contributed by atoms with van der Waals surface area (Å²) in [5.41, 5.74) is 3.09. The monoisotopic (exact) mass is 321 g/mol. The number of rotatable bonds is 4. The molecule has 0 bridgehead atoms. The van der Waals surface area contributed by atoms with Crippen LogP contribution in [0.25, 0.3) is 0 Å². The summed E-state index contributed by atoms with van der Waals surface area (Å²) in [6.45, 7) is 3.76. The molecule has 1 aromatic carbocycles. The Balaban J connectivity index is 2.12. The van der Waals surface area contributed by atoms with Crippen LogP contribution in [0.15, 0.2) is 18.2 Å². The highest BCUT2D eigenvalue weighted by molar-refractivity contribution is 6.33. The zero-order chi connectivity index (χ0) is 16.4. The van der Waals surface area contributed by atoms with Gasteiger partial charge in [-0.2, -0.15) is 5.10 Å².